The Morgan fingerprint density at radius 1 is 1.20 bits per heavy atom. The number of esters is 1. The second-order valence-corrected chi connectivity index (χ2v) is 5.75. The number of ketones is 2. The Hall–Kier alpha value is -1.71. The van der Waals surface area contributed by atoms with Gasteiger partial charge in [-0.1, -0.05) is 30.6 Å². The van der Waals surface area contributed by atoms with Crippen molar-refractivity contribution in [1.82, 2.24) is 0 Å². The van der Waals surface area contributed by atoms with E-state index in [9.17, 15) is 14.4 Å². The predicted molar refractivity (Wildman–Crippen MR) is 71.8 cm³/mol. The van der Waals surface area contributed by atoms with E-state index in [2.05, 4.69) is 0 Å². The SMILES string of the molecule is COC(=O)[C@]12C=C[C@H](C(=O)C1=O)C1=C2CCCCCC1. The van der Waals surface area contributed by atoms with Gasteiger partial charge in [0.25, 0.3) is 0 Å². The minimum atomic E-state index is -1.45. The lowest BCUT2D eigenvalue weighted by Gasteiger charge is -2.42. The first-order valence-corrected chi connectivity index (χ1v) is 7.21. The zero-order valence-electron chi connectivity index (χ0n) is 11.6. The van der Waals surface area contributed by atoms with E-state index in [1.807, 2.05) is 0 Å². The Balaban J connectivity index is 2.19. The summed E-state index contributed by atoms with van der Waals surface area (Å²) in [6.07, 6.45) is 9.06. The monoisotopic (exact) mass is 274 g/mol. The molecule has 0 unspecified atom stereocenters. The lowest BCUT2D eigenvalue weighted by Crippen LogP contribution is -2.53. The second-order valence-electron chi connectivity index (χ2n) is 5.75. The zero-order chi connectivity index (χ0) is 14.3. The molecule has 4 aliphatic carbocycles. The number of allylic oxidation sites excluding steroid dienone is 2. The molecule has 20 heavy (non-hydrogen) atoms. The van der Waals surface area contributed by atoms with Gasteiger partial charge in [0.05, 0.1) is 13.0 Å². The van der Waals surface area contributed by atoms with Gasteiger partial charge in [-0.05, 0) is 31.3 Å². The number of rotatable bonds is 1. The molecule has 4 nitrogen and oxygen atoms in total. The fraction of sp³-hybridized carbons (Fsp3) is 0.562. The molecule has 0 aromatic rings. The van der Waals surface area contributed by atoms with Crippen LogP contribution in [0.1, 0.15) is 38.5 Å². The van der Waals surface area contributed by atoms with Gasteiger partial charge in [0.2, 0.25) is 11.6 Å². The molecule has 0 fully saturated rings. The van der Waals surface area contributed by atoms with Crippen molar-refractivity contribution < 1.29 is 19.1 Å². The second kappa shape index (κ2) is 4.69. The number of hydrogen-bond donors (Lipinski definition) is 0. The van der Waals surface area contributed by atoms with Gasteiger partial charge in [0, 0.05) is 0 Å². The van der Waals surface area contributed by atoms with Crippen molar-refractivity contribution in [1.29, 1.82) is 0 Å². The molecule has 0 aromatic carbocycles. The fourth-order valence-corrected chi connectivity index (χ4v) is 3.77. The highest BCUT2D eigenvalue weighted by atomic mass is 16.5. The summed E-state index contributed by atoms with van der Waals surface area (Å²) < 4.78 is 4.85. The van der Waals surface area contributed by atoms with E-state index in [1.165, 1.54) is 7.11 Å². The standard InChI is InChI=1S/C16H18O4/c1-20-15(19)16-9-8-11(13(17)14(16)18)10-6-4-2-3-5-7-12(10)16/h8-9,11H,2-7H2,1H3/t11-,16-/m0/s1. The summed E-state index contributed by atoms with van der Waals surface area (Å²) in [4.78, 5) is 36.9. The number of fused-ring (bicyclic) bond motifs is 1. The van der Waals surface area contributed by atoms with Gasteiger partial charge in [-0.2, -0.15) is 0 Å². The van der Waals surface area contributed by atoms with Crippen molar-refractivity contribution in [2.75, 3.05) is 7.11 Å². The average molecular weight is 274 g/mol. The maximum absolute atomic E-state index is 12.4. The molecule has 0 heterocycles. The number of Topliss-reactive ketones (excluding diaryl/α,β-unsaturated/α-hetero) is 2. The van der Waals surface area contributed by atoms with E-state index < -0.39 is 28.9 Å². The number of methoxy groups -OCH3 is 1. The van der Waals surface area contributed by atoms with Crippen LogP contribution in [0.15, 0.2) is 23.3 Å². The van der Waals surface area contributed by atoms with Gasteiger partial charge in [-0.25, -0.2) is 0 Å². The summed E-state index contributed by atoms with van der Waals surface area (Å²) in [5.74, 6) is -2.09. The molecule has 4 heteroatoms. The van der Waals surface area contributed by atoms with Crippen molar-refractivity contribution in [2.24, 2.45) is 11.3 Å². The van der Waals surface area contributed by atoms with Crippen molar-refractivity contribution >= 4 is 17.5 Å². The van der Waals surface area contributed by atoms with Crippen molar-refractivity contribution in [2.45, 2.75) is 38.5 Å². The molecule has 0 radical (unpaired) electrons. The maximum Gasteiger partial charge on any atom is 0.328 e. The van der Waals surface area contributed by atoms with Crippen molar-refractivity contribution in [3.63, 3.8) is 0 Å². The highest BCUT2D eigenvalue weighted by Gasteiger charge is 2.58. The van der Waals surface area contributed by atoms with Crippen molar-refractivity contribution in [3.8, 4) is 0 Å². The largest absolute Gasteiger partial charge is 0.468 e. The molecule has 0 amide bonds. The Labute approximate surface area is 117 Å². The fourth-order valence-electron chi connectivity index (χ4n) is 3.77. The van der Waals surface area contributed by atoms with Crippen LogP contribution in [0.25, 0.3) is 0 Å². The Morgan fingerprint density at radius 2 is 1.90 bits per heavy atom. The first-order chi connectivity index (χ1) is 9.63. The number of carbonyl (C=O) groups is 3. The molecule has 0 N–H and O–H groups in total. The molecule has 4 aliphatic rings. The third kappa shape index (κ3) is 1.57. The minimum absolute atomic E-state index is 0.429. The average Bonchev–Trinajstić information content (AvgIpc) is 2.43. The highest BCUT2D eigenvalue weighted by molar-refractivity contribution is 6.47. The molecule has 2 bridgehead atoms. The van der Waals surface area contributed by atoms with Crippen molar-refractivity contribution in [3.05, 3.63) is 23.3 Å². The number of ether oxygens (including phenoxy) is 1. The van der Waals surface area contributed by atoms with Gasteiger partial charge in [0.1, 0.15) is 0 Å². The summed E-state index contributed by atoms with van der Waals surface area (Å²) in [6, 6.07) is 0. The van der Waals surface area contributed by atoms with Gasteiger partial charge >= 0.3 is 5.97 Å². The maximum atomic E-state index is 12.4. The number of carbonyl (C=O) groups excluding carboxylic acids is 3. The summed E-state index contributed by atoms with van der Waals surface area (Å²) in [5, 5.41) is 0. The Bertz CT molecular complexity index is 555. The summed E-state index contributed by atoms with van der Waals surface area (Å²) in [6.45, 7) is 0. The van der Waals surface area contributed by atoms with Gasteiger partial charge in [0.15, 0.2) is 5.41 Å². The smallest absolute Gasteiger partial charge is 0.328 e. The van der Waals surface area contributed by atoms with E-state index in [4.69, 9.17) is 4.74 Å². The minimum Gasteiger partial charge on any atom is -0.468 e. The first-order valence-electron chi connectivity index (χ1n) is 7.21. The van der Waals surface area contributed by atoms with Crippen LogP contribution in [-0.2, 0) is 19.1 Å². The highest BCUT2D eigenvalue weighted by Crippen LogP contribution is 2.50. The zero-order valence-corrected chi connectivity index (χ0v) is 11.6. The van der Waals surface area contributed by atoms with Crippen LogP contribution >= 0.6 is 0 Å². The van der Waals surface area contributed by atoms with Gasteiger partial charge < -0.3 is 4.74 Å². The normalized spacial score (nSPS) is 32.8. The third-order valence-corrected chi connectivity index (χ3v) is 4.77. The van der Waals surface area contributed by atoms with Crippen LogP contribution in [0, 0.1) is 11.3 Å². The van der Waals surface area contributed by atoms with E-state index in [-0.39, 0.29) is 0 Å². The van der Waals surface area contributed by atoms with Crippen LogP contribution < -0.4 is 0 Å². The summed E-state index contributed by atoms with van der Waals surface area (Å²) >= 11 is 0. The molecule has 0 saturated heterocycles. The van der Waals surface area contributed by atoms with Crippen LogP contribution in [0.3, 0.4) is 0 Å². The van der Waals surface area contributed by atoms with E-state index in [0.29, 0.717) is 6.42 Å². The molecular weight excluding hydrogens is 256 g/mol. The van der Waals surface area contributed by atoms with E-state index in [0.717, 1.165) is 43.3 Å². The van der Waals surface area contributed by atoms with Crippen LogP contribution in [0.4, 0.5) is 0 Å². The molecule has 0 aromatic heterocycles. The number of hydrogen-bond acceptors (Lipinski definition) is 4. The molecule has 0 saturated carbocycles. The third-order valence-electron chi connectivity index (χ3n) is 4.77. The van der Waals surface area contributed by atoms with Crippen LogP contribution in [-0.4, -0.2) is 24.6 Å². The lowest BCUT2D eigenvalue weighted by molar-refractivity contribution is -0.157. The topological polar surface area (TPSA) is 60.4 Å². The molecule has 0 aliphatic heterocycles. The predicted octanol–water partition coefficient (Wildman–Crippen LogP) is 2.13. The molecule has 4 rings (SSSR count). The summed E-state index contributed by atoms with van der Waals surface area (Å²) in [5.41, 5.74) is 0.399. The quantitative estimate of drug-likeness (QED) is 0.318. The van der Waals surface area contributed by atoms with Gasteiger partial charge in [-0.15, -0.1) is 0 Å². The Kier molecular flexibility index (Phi) is 3.11. The first kappa shape index (κ1) is 13.3. The van der Waals surface area contributed by atoms with E-state index in [1.54, 1.807) is 12.2 Å². The lowest BCUT2D eigenvalue weighted by atomic mass is 9.58. The molecular formula is C16H18O4. The molecule has 106 valence electrons. The molecule has 2 atom stereocenters. The Morgan fingerprint density at radius 3 is 2.60 bits per heavy atom. The molecule has 0 spiro atoms. The van der Waals surface area contributed by atoms with Gasteiger partial charge in [-0.3, -0.25) is 14.4 Å². The van der Waals surface area contributed by atoms with Crippen LogP contribution in [0.2, 0.25) is 0 Å². The van der Waals surface area contributed by atoms with E-state index >= 15 is 0 Å². The summed E-state index contributed by atoms with van der Waals surface area (Å²) in [7, 11) is 1.27. The van der Waals surface area contributed by atoms with Crippen LogP contribution in [0.5, 0.6) is 0 Å².